The van der Waals surface area contributed by atoms with Crippen molar-refractivity contribution in [2.45, 2.75) is 13.8 Å². The van der Waals surface area contributed by atoms with Gasteiger partial charge >= 0.3 is 6.16 Å². The van der Waals surface area contributed by atoms with E-state index < -0.39 is 6.16 Å². The molecule has 1 heterocycles. The lowest BCUT2D eigenvalue weighted by molar-refractivity contribution is 0.0431. The molecule has 0 saturated carbocycles. The Labute approximate surface area is 96.6 Å². The van der Waals surface area contributed by atoms with Gasteiger partial charge in [0.25, 0.3) is 0 Å². The second-order valence-corrected chi connectivity index (χ2v) is 4.31. The third kappa shape index (κ3) is 4.91. The molecule has 0 saturated heterocycles. The Bertz CT molecular complexity index is 254. The maximum Gasteiger partial charge on any atom is 0.508 e. The molecule has 5 heteroatoms. The van der Waals surface area contributed by atoms with E-state index in [1.54, 1.807) is 0 Å². The Morgan fingerprint density at radius 3 is 2.69 bits per heavy atom. The SMILES string of the molecule is CC(C)COC(=O)OCCN1C=CN(C)C1. The van der Waals surface area contributed by atoms with Gasteiger partial charge in [0.15, 0.2) is 0 Å². The Balaban J connectivity index is 2.02. The van der Waals surface area contributed by atoms with Crippen LogP contribution in [0.25, 0.3) is 0 Å². The summed E-state index contributed by atoms with van der Waals surface area (Å²) in [6.07, 6.45) is 3.38. The predicted octanol–water partition coefficient (Wildman–Crippen LogP) is 1.47. The van der Waals surface area contributed by atoms with Crippen molar-refractivity contribution in [3.8, 4) is 0 Å². The Hall–Kier alpha value is -1.39. The fourth-order valence-electron chi connectivity index (χ4n) is 1.26. The zero-order valence-electron chi connectivity index (χ0n) is 10.2. The molecule has 0 bridgehead atoms. The van der Waals surface area contributed by atoms with Crippen molar-refractivity contribution in [2.24, 2.45) is 5.92 Å². The minimum atomic E-state index is -0.578. The molecule has 0 amide bonds. The summed E-state index contributed by atoms with van der Waals surface area (Å²) in [6.45, 7) is 6.26. The van der Waals surface area contributed by atoms with E-state index in [-0.39, 0.29) is 0 Å². The molecule has 0 aromatic heterocycles. The van der Waals surface area contributed by atoms with E-state index >= 15 is 0 Å². The molecule has 0 N–H and O–H groups in total. The minimum absolute atomic E-state index is 0.336. The van der Waals surface area contributed by atoms with Crippen molar-refractivity contribution >= 4 is 6.16 Å². The molecule has 0 aromatic rings. The molecule has 0 aromatic carbocycles. The largest absolute Gasteiger partial charge is 0.508 e. The molecule has 0 unspecified atom stereocenters. The highest BCUT2D eigenvalue weighted by Crippen LogP contribution is 2.02. The first-order valence-corrected chi connectivity index (χ1v) is 5.50. The molecule has 1 aliphatic rings. The molecule has 0 atom stereocenters. The second kappa shape index (κ2) is 6.25. The molecule has 0 fully saturated rings. The van der Waals surface area contributed by atoms with Gasteiger partial charge in [0, 0.05) is 19.4 Å². The number of carbonyl (C=O) groups is 1. The molecule has 0 aliphatic carbocycles. The summed E-state index contributed by atoms with van der Waals surface area (Å²) < 4.78 is 9.82. The van der Waals surface area contributed by atoms with Gasteiger partial charge in [-0.15, -0.1) is 0 Å². The van der Waals surface area contributed by atoms with Crippen LogP contribution in [-0.2, 0) is 9.47 Å². The summed E-state index contributed by atoms with van der Waals surface area (Å²) in [6, 6.07) is 0. The van der Waals surface area contributed by atoms with Gasteiger partial charge in [-0.3, -0.25) is 0 Å². The molecule has 1 rings (SSSR count). The summed E-state index contributed by atoms with van der Waals surface area (Å²) in [5.74, 6) is 0.336. The maximum atomic E-state index is 11.1. The first kappa shape index (κ1) is 12.7. The highest BCUT2D eigenvalue weighted by Gasteiger charge is 2.10. The van der Waals surface area contributed by atoms with Gasteiger partial charge in [-0.05, 0) is 5.92 Å². The van der Waals surface area contributed by atoms with Gasteiger partial charge in [-0.2, -0.15) is 0 Å². The summed E-state index contributed by atoms with van der Waals surface area (Å²) in [5.41, 5.74) is 0. The monoisotopic (exact) mass is 228 g/mol. The van der Waals surface area contributed by atoms with Gasteiger partial charge in [-0.1, -0.05) is 13.8 Å². The quantitative estimate of drug-likeness (QED) is 0.667. The first-order chi connectivity index (χ1) is 7.58. The number of nitrogens with zero attached hydrogens (tertiary/aromatic N) is 2. The van der Waals surface area contributed by atoms with Crippen LogP contribution in [0.15, 0.2) is 12.4 Å². The van der Waals surface area contributed by atoms with Crippen molar-refractivity contribution in [3.63, 3.8) is 0 Å². The van der Waals surface area contributed by atoms with Gasteiger partial charge in [0.2, 0.25) is 0 Å². The highest BCUT2D eigenvalue weighted by atomic mass is 16.7. The molecule has 16 heavy (non-hydrogen) atoms. The van der Waals surface area contributed by atoms with Crippen molar-refractivity contribution in [3.05, 3.63) is 12.4 Å². The van der Waals surface area contributed by atoms with Gasteiger partial charge in [0.1, 0.15) is 6.61 Å². The molecule has 5 nitrogen and oxygen atoms in total. The fraction of sp³-hybridized carbons (Fsp3) is 0.727. The standard InChI is InChI=1S/C11H20N2O3/c1-10(2)8-16-11(14)15-7-6-13-5-4-12(3)9-13/h4-5,10H,6-9H2,1-3H3. The third-order valence-electron chi connectivity index (χ3n) is 2.07. The summed E-state index contributed by atoms with van der Waals surface area (Å²) >= 11 is 0. The van der Waals surface area contributed by atoms with E-state index in [1.165, 1.54) is 0 Å². The van der Waals surface area contributed by atoms with E-state index in [2.05, 4.69) is 9.80 Å². The average molecular weight is 228 g/mol. The maximum absolute atomic E-state index is 11.1. The van der Waals surface area contributed by atoms with Gasteiger partial charge in [-0.25, -0.2) is 4.79 Å². The molecule has 1 aliphatic heterocycles. The van der Waals surface area contributed by atoms with E-state index in [0.717, 1.165) is 6.67 Å². The van der Waals surface area contributed by atoms with Crippen LogP contribution < -0.4 is 0 Å². The predicted molar refractivity (Wildman–Crippen MR) is 60.6 cm³/mol. The van der Waals surface area contributed by atoms with Gasteiger partial charge in [0.05, 0.1) is 19.8 Å². The van der Waals surface area contributed by atoms with Crippen LogP contribution in [0.2, 0.25) is 0 Å². The van der Waals surface area contributed by atoms with Crippen LogP contribution >= 0.6 is 0 Å². The van der Waals surface area contributed by atoms with Crippen LogP contribution in [0.3, 0.4) is 0 Å². The smallest absolute Gasteiger partial charge is 0.434 e. The lowest BCUT2D eigenvalue weighted by Gasteiger charge is -2.17. The minimum Gasteiger partial charge on any atom is -0.434 e. The van der Waals surface area contributed by atoms with Crippen LogP contribution in [0.5, 0.6) is 0 Å². The average Bonchev–Trinajstić information content (AvgIpc) is 2.61. The zero-order valence-corrected chi connectivity index (χ0v) is 10.2. The highest BCUT2D eigenvalue weighted by molar-refractivity contribution is 5.59. The first-order valence-electron chi connectivity index (χ1n) is 5.50. The van der Waals surface area contributed by atoms with Crippen molar-refractivity contribution < 1.29 is 14.3 Å². The number of carbonyl (C=O) groups excluding carboxylic acids is 1. The molecular formula is C11H20N2O3. The molecule has 0 radical (unpaired) electrons. The van der Waals surface area contributed by atoms with E-state index in [0.29, 0.717) is 25.7 Å². The number of hydrogen-bond acceptors (Lipinski definition) is 5. The van der Waals surface area contributed by atoms with E-state index in [4.69, 9.17) is 9.47 Å². The topological polar surface area (TPSA) is 42.0 Å². The van der Waals surface area contributed by atoms with Crippen molar-refractivity contribution in [1.29, 1.82) is 0 Å². The Morgan fingerprint density at radius 1 is 1.38 bits per heavy atom. The molecular weight excluding hydrogens is 208 g/mol. The summed E-state index contributed by atoms with van der Waals surface area (Å²) in [7, 11) is 1.99. The number of ether oxygens (including phenoxy) is 2. The molecule has 0 spiro atoms. The van der Waals surface area contributed by atoms with Crippen LogP contribution in [0.1, 0.15) is 13.8 Å². The summed E-state index contributed by atoms with van der Waals surface area (Å²) in [4.78, 5) is 15.2. The van der Waals surface area contributed by atoms with Gasteiger partial charge < -0.3 is 19.3 Å². The van der Waals surface area contributed by atoms with Crippen molar-refractivity contribution in [1.82, 2.24) is 9.80 Å². The van der Waals surface area contributed by atoms with E-state index in [1.807, 2.05) is 33.3 Å². The normalized spacial score (nSPS) is 14.8. The van der Waals surface area contributed by atoms with Crippen LogP contribution in [-0.4, -0.2) is 49.4 Å². The molecule has 92 valence electrons. The fourth-order valence-corrected chi connectivity index (χ4v) is 1.26. The van der Waals surface area contributed by atoms with E-state index in [9.17, 15) is 4.79 Å². The Morgan fingerprint density at radius 2 is 2.12 bits per heavy atom. The second-order valence-electron chi connectivity index (χ2n) is 4.31. The number of hydrogen-bond donors (Lipinski definition) is 0. The summed E-state index contributed by atoms with van der Waals surface area (Å²) in [5, 5.41) is 0. The number of rotatable bonds is 5. The Kier molecular flexibility index (Phi) is 4.95. The lowest BCUT2D eigenvalue weighted by atomic mass is 10.2. The lowest BCUT2D eigenvalue weighted by Crippen LogP contribution is -2.26. The third-order valence-corrected chi connectivity index (χ3v) is 2.07. The van der Waals surface area contributed by atoms with Crippen molar-refractivity contribution in [2.75, 3.05) is 33.5 Å². The van der Waals surface area contributed by atoms with Crippen LogP contribution in [0.4, 0.5) is 4.79 Å². The zero-order chi connectivity index (χ0) is 12.0. The van der Waals surface area contributed by atoms with Crippen LogP contribution in [0, 0.1) is 5.92 Å².